The molecular weight excluding hydrogens is 276 g/mol. The molecule has 0 bridgehead atoms. The molecule has 3 N–H and O–H groups in total. The third-order valence-electron chi connectivity index (χ3n) is 4.10. The highest BCUT2D eigenvalue weighted by Crippen LogP contribution is 2.31. The number of hydrogen-bond acceptors (Lipinski definition) is 6. The quantitative estimate of drug-likeness (QED) is 0.907. The van der Waals surface area contributed by atoms with E-state index in [1.54, 1.807) is 12.5 Å². The molecule has 0 spiro atoms. The fraction of sp³-hybridized carbons (Fsp3) is 0.438. The van der Waals surface area contributed by atoms with E-state index >= 15 is 0 Å². The second-order valence-corrected chi connectivity index (χ2v) is 5.84. The Morgan fingerprint density at radius 2 is 2.14 bits per heavy atom. The van der Waals surface area contributed by atoms with Crippen LogP contribution in [0.25, 0.3) is 0 Å². The fourth-order valence-corrected chi connectivity index (χ4v) is 2.85. The summed E-state index contributed by atoms with van der Waals surface area (Å²) in [5.74, 6) is 2.17. The second kappa shape index (κ2) is 6.17. The second-order valence-electron chi connectivity index (χ2n) is 5.84. The SMILES string of the molecule is Cc1ccnc(Nc2ncnc(N3CCCCC3C)c2N)c1. The molecule has 22 heavy (non-hydrogen) atoms. The van der Waals surface area contributed by atoms with Gasteiger partial charge in [0.1, 0.15) is 17.8 Å². The number of anilines is 4. The molecule has 6 heteroatoms. The number of aromatic nitrogens is 3. The van der Waals surface area contributed by atoms with Crippen LogP contribution in [0.3, 0.4) is 0 Å². The predicted octanol–water partition coefficient (Wildman–Crippen LogP) is 2.88. The maximum Gasteiger partial charge on any atom is 0.160 e. The zero-order valence-electron chi connectivity index (χ0n) is 13.1. The fourth-order valence-electron chi connectivity index (χ4n) is 2.85. The normalized spacial score (nSPS) is 18.3. The van der Waals surface area contributed by atoms with E-state index in [4.69, 9.17) is 5.73 Å². The first-order valence-electron chi connectivity index (χ1n) is 7.72. The van der Waals surface area contributed by atoms with Crippen LogP contribution in [0.15, 0.2) is 24.7 Å². The minimum absolute atomic E-state index is 0.455. The molecule has 3 rings (SSSR count). The van der Waals surface area contributed by atoms with Gasteiger partial charge in [-0.2, -0.15) is 0 Å². The van der Waals surface area contributed by atoms with Crippen molar-refractivity contribution in [2.24, 2.45) is 0 Å². The number of nitrogens with one attached hydrogen (secondary N) is 1. The molecule has 1 unspecified atom stereocenters. The third kappa shape index (κ3) is 2.95. The minimum Gasteiger partial charge on any atom is -0.393 e. The van der Waals surface area contributed by atoms with E-state index < -0.39 is 0 Å². The molecule has 1 aliphatic heterocycles. The van der Waals surface area contributed by atoms with E-state index in [-0.39, 0.29) is 0 Å². The molecule has 116 valence electrons. The Kier molecular flexibility index (Phi) is 4.09. The number of aryl methyl sites for hydroxylation is 1. The third-order valence-corrected chi connectivity index (χ3v) is 4.10. The Morgan fingerprint density at radius 3 is 2.91 bits per heavy atom. The van der Waals surface area contributed by atoms with Gasteiger partial charge in [0.05, 0.1) is 0 Å². The lowest BCUT2D eigenvalue weighted by molar-refractivity contribution is 0.481. The molecule has 2 aromatic heterocycles. The summed E-state index contributed by atoms with van der Waals surface area (Å²) in [6.45, 7) is 5.23. The molecule has 0 saturated carbocycles. The molecule has 6 nitrogen and oxygen atoms in total. The summed E-state index contributed by atoms with van der Waals surface area (Å²) in [4.78, 5) is 15.2. The van der Waals surface area contributed by atoms with Crippen LogP contribution in [0.2, 0.25) is 0 Å². The number of piperidine rings is 1. The van der Waals surface area contributed by atoms with Crippen molar-refractivity contribution in [2.45, 2.75) is 39.2 Å². The molecule has 2 aromatic rings. The van der Waals surface area contributed by atoms with Crippen molar-refractivity contribution in [2.75, 3.05) is 22.5 Å². The summed E-state index contributed by atoms with van der Waals surface area (Å²) in [5, 5.41) is 3.19. The van der Waals surface area contributed by atoms with Gasteiger partial charge < -0.3 is 16.0 Å². The van der Waals surface area contributed by atoms with Crippen LogP contribution < -0.4 is 16.0 Å². The zero-order valence-corrected chi connectivity index (χ0v) is 13.1. The van der Waals surface area contributed by atoms with Crippen molar-refractivity contribution in [3.8, 4) is 0 Å². The first-order chi connectivity index (χ1) is 10.6. The van der Waals surface area contributed by atoms with Crippen molar-refractivity contribution in [1.82, 2.24) is 15.0 Å². The van der Waals surface area contributed by atoms with Gasteiger partial charge in [0, 0.05) is 18.8 Å². The average molecular weight is 298 g/mol. The largest absolute Gasteiger partial charge is 0.393 e. The maximum absolute atomic E-state index is 6.31. The zero-order chi connectivity index (χ0) is 15.5. The lowest BCUT2D eigenvalue weighted by Crippen LogP contribution is -2.38. The van der Waals surface area contributed by atoms with E-state index in [0.717, 1.165) is 23.7 Å². The van der Waals surface area contributed by atoms with Crippen LogP contribution in [0.4, 0.5) is 23.1 Å². The number of hydrogen-bond donors (Lipinski definition) is 2. The van der Waals surface area contributed by atoms with Gasteiger partial charge in [0.25, 0.3) is 0 Å². The highest BCUT2D eigenvalue weighted by atomic mass is 15.2. The van der Waals surface area contributed by atoms with Crippen molar-refractivity contribution in [3.63, 3.8) is 0 Å². The van der Waals surface area contributed by atoms with Crippen LogP contribution in [0.1, 0.15) is 31.7 Å². The Morgan fingerprint density at radius 1 is 1.27 bits per heavy atom. The van der Waals surface area contributed by atoms with Gasteiger partial charge in [-0.05, 0) is 50.8 Å². The van der Waals surface area contributed by atoms with Crippen molar-refractivity contribution in [1.29, 1.82) is 0 Å². The Labute approximate surface area is 130 Å². The molecule has 1 fully saturated rings. The molecule has 0 amide bonds. The van der Waals surface area contributed by atoms with E-state index in [1.165, 1.54) is 19.3 Å². The van der Waals surface area contributed by atoms with Gasteiger partial charge in [-0.25, -0.2) is 15.0 Å². The Hall–Kier alpha value is -2.37. The summed E-state index contributed by atoms with van der Waals surface area (Å²) in [6.07, 6.45) is 6.94. The lowest BCUT2D eigenvalue weighted by Gasteiger charge is -2.35. The molecular formula is C16H22N6. The molecule has 1 atom stereocenters. The van der Waals surface area contributed by atoms with Crippen LogP contribution in [-0.2, 0) is 0 Å². The van der Waals surface area contributed by atoms with Crippen molar-refractivity contribution in [3.05, 3.63) is 30.2 Å². The van der Waals surface area contributed by atoms with Gasteiger partial charge in [0.2, 0.25) is 0 Å². The van der Waals surface area contributed by atoms with Gasteiger partial charge in [-0.1, -0.05) is 0 Å². The number of nitrogens with zero attached hydrogens (tertiary/aromatic N) is 4. The van der Waals surface area contributed by atoms with E-state index in [0.29, 0.717) is 17.5 Å². The van der Waals surface area contributed by atoms with Gasteiger partial charge in [-0.15, -0.1) is 0 Å². The minimum atomic E-state index is 0.455. The summed E-state index contributed by atoms with van der Waals surface area (Å²) >= 11 is 0. The van der Waals surface area contributed by atoms with E-state index in [1.807, 2.05) is 19.1 Å². The van der Waals surface area contributed by atoms with Crippen LogP contribution in [-0.4, -0.2) is 27.5 Å². The number of nitrogens with two attached hydrogens (primary N) is 1. The standard InChI is InChI=1S/C16H22N6/c1-11-6-7-18-13(9-11)21-15-14(17)16(20-10-19-15)22-8-4-3-5-12(22)2/h6-7,9-10,12H,3-5,8,17H2,1-2H3,(H,18,19,20,21). The molecule has 3 heterocycles. The highest BCUT2D eigenvalue weighted by molar-refractivity contribution is 5.77. The van der Waals surface area contributed by atoms with E-state index in [9.17, 15) is 0 Å². The number of rotatable bonds is 3. The van der Waals surface area contributed by atoms with Crippen molar-refractivity contribution < 1.29 is 0 Å². The van der Waals surface area contributed by atoms with Crippen LogP contribution in [0, 0.1) is 6.92 Å². The molecule has 1 aliphatic rings. The van der Waals surface area contributed by atoms with Gasteiger partial charge in [0.15, 0.2) is 11.6 Å². The molecule has 1 saturated heterocycles. The predicted molar refractivity (Wildman–Crippen MR) is 89.4 cm³/mol. The maximum atomic E-state index is 6.31. The first-order valence-corrected chi connectivity index (χ1v) is 7.72. The van der Waals surface area contributed by atoms with E-state index in [2.05, 4.69) is 32.1 Å². The molecule has 0 aromatic carbocycles. The number of pyridine rings is 1. The lowest BCUT2D eigenvalue weighted by atomic mass is 10.0. The van der Waals surface area contributed by atoms with Gasteiger partial charge >= 0.3 is 0 Å². The Bertz CT molecular complexity index is 657. The van der Waals surface area contributed by atoms with Crippen molar-refractivity contribution >= 4 is 23.1 Å². The molecule has 0 radical (unpaired) electrons. The smallest absolute Gasteiger partial charge is 0.160 e. The Balaban J connectivity index is 1.88. The number of nitrogen functional groups attached to an aromatic ring is 1. The van der Waals surface area contributed by atoms with Crippen LogP contribution >= 0.6 is 0 Å². The monoisotopic (exact) mass is 298 g/mol. The van der Waals surface area contributed by atoms with Gasteiger partial charge in [-0.3, -0.25) is 0 Å². The van der Waals surface area contributed by atoms with Crippen LogP contribution in [0.5, 0.6) is 0 Å². The topological polar surface area (TPSA) is 80.0 Å². The summed E-state index contributed by atoms with van der Waals surface area (Å²) < 4.78 is 0. The summed E-state index contributed by atoms with van der Waals surface area (Å²) in [5.41, 5.74) is 8.02. The summed E-state index contributed by atoms with van der Waals surface area (Å²) in [6, 6.07) is 4.37. The average Bonchev–Trinajstić information content (AvgIpc) is 2.50. The summed E-state index contributed by atoms with van der Waals surface area (Å²) in [7, 11) is 0. The molecule has 0 aliphatic carbocycles. The first kappa shape index (κ1) is 14.6. The highest BCUT2D eigenvalue weighted by Gasteiger charge is 2.23.